The normalized spacial score (nSPS) is 14.4. The number of rotatable bonds is 5. The monoisotopic (exact) mass is 280 g/mol. The zero-order valence-electron chi connectivity index (χ0n) is 11.5. The molecule has 0 spiro atoms. The standard InChI is InChI=1S/C14H17FN2O3/c1-9(2)8-16(11-4-5-11)14(18)10-3-6-13(17(19)20)12(15)7-10/h3,6-7,9,11H,4-5,8H2,1-2H3. The average molecular weight is 280 g/mol. The quantitative estimate of drug-likeness (QED) is 0.615. The van der Waals surface area contributed by atoms with Gasteiger partial charge in [-0.1, -0.05) is 13.8 Å². The van der Waals surface area contributed by atoms with Crippen LogP contribution in [0.3, 0.4) is 0 Å². The first-order valence-corrected chi connectivity index (χ1v) is 6.65. The topological polar surface area (TPSA) is 63.5 Å². The maximum atomic E-state index is 13.6. The van der Waals surface area contributed by atoms with Crippen LogP contribution in [0.1, 0.15) is 37.0 Å². The highest BCUT2D eigenvalue weighted by molar-refractivity contribution is 5.94. The Balaban J connectivity index is 2.23. The summed E-state index contributed by atoms with van der Waals surface area (Å²) in [5.74, 6) is -0.904. The molecule has 0 unspecified atom stereocenters. The number of carbonyl (C=O) groups is 1. The molecule has 6 heteroatoms. The Morgan fingerprint density at radius 2 is 2.15 bits per heavy atom. The summed E-state index contributed by atoms with van der Waals surface area (Å²) in [6.45, 7) is 4.64. The molecule has 0 atom stereocenters. The van der Waals surface area contributed by atoms with Crippen LogP contribution in [-0.2, 0) is 0 Å². The van der Waals surface area contributed by atoms with Crippen molar-refractivity contribution >= 4 is 11.6 Å². The summed E-state index contributed by atoms with van der Waals surface area (Å²) in [5.41, 5.74) is -0.441. The lowest BCUT2D eigenvalue weighted by molar-refractivity contribution is -0.387. The number of nitro groups is 1. The van der Waals surface area contributed by atoms with Crippen molar-refractivity contribution in [3.8, 4) is 0 Å². The van der Waals surface area contributed by atoms with Crippen LogP contribution in [0.5, 0.6) is 0 Å². The molecule has 0 aromatic heterocycles. The highest BCUT2D eigenvalue weighted by Crippen LogP contribution is 2.29. The summed E-state index contributed by atoms with van der Waals surface area (Å²) in [6.07, 6.45) is 1.93. The lowest BCUT2D eigenvalue weighted by Crippen LogP contribution is -2.36. The molecule has 1 fully saturated rings. The van der Waals surface area contributed by atoms with Crippen molar-refractivity contribution in [2.45, 2.75) is 32.7 Å². The van der Waals surface area contributed by atoms with Gasteiger partial charge in [-0.05, 0) is 30.9 Å². The number of halogens is 1. The minimum Gasteiger partial charge on any atom is -0.335 e. The third kappa shape index (κ3) is 3.12. The van der Waals surface area contributed by atoms with Crippen LogP contribution in [-0.4, -0.2) is 28.3 Å². The molecule has 0 heterocycles. The molecule has 1 aromatic rings. The van der Waals surface area contributed by atoms with Crippen LogP contribution >= 0.6 is 0 Å². The average Bonchev–Trinajstić information content (AvgIpc) is 3.18. The molecule has 5 nitrogen and oxygen atoms in total. The summed E-state index contributed by atoms with van der Waals surface area (Å²) < 4.78 is 13.6. The summed E-state index contributed by atoms with van der Waals surface area (Å²) >= 11 is 0. The van der Waals surface area contributed by atoms with E-state index in [4.69, 9.17) is 0 Å². The first-order valence-electron chi connectivity index (χ1n) is 6.65. The third-order valence-electron chi connectivity index (χ3n) is 3.20. The van der Waals surface area contributed by atoms with Gasteiger partial charge in [0.2, 0.25) is 5.82 Å². The first-order chi connectivity index (χ1) is 9.40. The molecule has 1 aliphatic carbocycles. The lowest BCUT2D eigenvalue weighted by Gasteiger charge is -2.24. The Morgan fingerprint density at radius 3 is 2.60 bits per heavy atom. The first kappa shape index (κ1) is 14.4. The molecule has 0 bridgehead atoms. The molecule has 0 aliphatic heterocycles. The largest absolute Gasteiger partial charge is 0.335 e. The molecule has 0 N–H and O–H groups in total. The van der Waals surface area contributed by atoms with E-state index in [0.29, 0.717) is 12.5 Å². The molecule has 1 amide bonds. The number of hydrogen-bond donors (Lipinski definition) is 0. The predicted octanol–water partition coefficient (Wildman–Crippen LogP) is 2.99. The highest BCUT2D eigenvalue weighted by atomic mass is 19.1. The molecular formula is C14H17FN2O3. The van der Waals surface area contributed by atoms with E-state index in [9.17, 15) is 19.3 Å². The second-order valence-corrected chi connectivity index (χ2v) is 5.51. The molecule has 108 valence electrons. The number of carbonyl (C=O) groups excluding carboxylic acids is 1. The fourth-order valence-electron chi connectivity index (χ4n) is 2.13. The van der Waals surface area contributed by atoms with Crippen LogP contribution in [0, 0.1) is 21.8 Å². The van der Waals surface area contributed by atoms with Crippen LogP contribution in [0.4, 0.5) is 10.1 Å². The van der Waals surface area contributed by atoms with Gasteiger partial charge in [-0.3, -0.25) is 14.9 Å². The van der Waals surface area contributed by atoms with Crippen molar-refractivity contribution in [3.63, 3.8) is 0 Å². The Labute approximate surface area is 116 Å². The fourth-order valence-corrected chi connectivity index (χ4v) is 2.13. The van der Waals surface area contributed by atoms with Crippen molar-refractivity contribution in [2.75, 3.05) is 6.54 Å². The maximum Gasteiger partial charge on any atom is 0.304 e. The Morgan fingerprint density at radius 1 is 1.50 bits per heavy atom. The summed E-state index contributed by atoms with van der Waals surface area (Å²) in [6, 6.07) is 3.54. The van der Waals surface area contributed by atoms with Crippen molar-refractivity contribution in [3.05, 3.63) is 39.7 Å². The van der Waals surface area contributed by atoms with Gasteiger partial charge in [-0.25, -0.2) is 0 Å². The summed E-state index contributed by atoms with van der Waals surface area (Å²) in [7, 11) is 0. The number of nitro benzene ring substituents is 1. The SMILES string of the molecule is CC(C)CN(C(=O)c1ccc([N+](=O)[O-])c(F)c1)C1CC1. The smallest absolute Gasteiger partial charge is 0.304 e. The van der Waals surface area contributed by atoms with E-state index in [-0.39, 0.29) is 17.5 Å². The summed E-state index contributed by atoms with van der Waals surface area (Å²) in [5, 5.41) is 10.6. The third-order valence-corrected chi connectivity index (χ3v) is 3.20. The molecule has 1 aliphatic rings. The maximum absolute atomic E-state index is 13.6. The second kappa shape index (κ2) is 5.56. The van der Waals surface area contributed by atoms with Gasteiger partial charge in [0.05, 0.1) is 4.92 Å². The molecular weight excluding hydrogens is 263 g/mol. The van der Waals surface area contributed by atoms with Gasteiger partial charge in [0.25, 0.3) is 5.91 Å². The summed E-state index contributed by atoms with van der Waals surface area (Å²) in [4.78, 5) is 23.9. The molecule has 20 heavy (non-hydrogen) atoms. The molecule has 1 saturated carbocycles. The van der Waals surface area contributed by atoms with Gasteiger partial charge in [0.1, 0.15) is 0 Å². The zero-order chi connectivity index (χ0) is 14.9. The molecule has 2 rings (SSSR count). The number of hydrogen-bond acceptors (Lipinski definition) is 3. The predicted molar refractivity (Wildman–Crippen MR) is 72.0 cm³/mol. The Bertz CT molecular complexity index is 541. The van der Waals surface area contributed by atoms with Crippen molar-refractivity contribution in [2.24, 2.45) is 5.92 Å². The molecule has 0 radical (unpaired) electrons. The van der Waals surface area contributed by atoms with Crippen molar-refractivity contribution < 1.29 is 14.1 Å². The van der Waals surface area contributed by atoms with E-state index in [0.717, 1.165) is 25.0 Å². The minimum absolute atomic E-state index is 0.167. The number of nitrogens with zero attached hydrogens (tertiary/aromatic N) is 2. The van der Waals surface area contributed by atoms with E-state index >= 15 is 0 Å². The lowest BCUT2D eigenvalue weighted by atomic mass is 10.1. The Hall–Kier alpha value is -1.98. The minimum atomic E-state index is -0.971. The van der Waals surface area contributed by atoms with Gasteiger partial charge in [0, 0.05) is 24.2 Å². The highest BCUT2D eigenvalue weighted by Gasteiger charge is 2.33. The number of amides is 1. The fraction of sp³-hybridized carbons (Fsp3) is 0.500. The van der Waals surface area contributed by atoms with E-state index in [1.807, 2.05) is 13.8 Å². The molecule has 0 saturated heterocycles. The molecule has 1 aromatic carbocycles. The Kier molecular flexibility index (Phi) is 4.01. The zero-order valence-corrected chi connectivity index (χ0v) is 11.5. The van der Waals surface area contributed by atoms with E-state index < -0.39 is 16.4 Å². The van der Waals surface area contributed by atoms with Gasteiger partial charge in [-0.15, -0.1) is 0 Å². The van der Waals surface area contributed by atoms with Crippen LogP contribution in [0.2, 0.25) is 0 Å². The van der Waals surface area contributed by atoms with Crippen molar-refractivity contribution in [1.29, 1.82) is 0 Å². The van der Waals surface area contributed by atoms with Crippen LogP contribution in [0.15, 0.2) is 18.2 Å². The number of benzene rings is 1. The van der Waals surface area contributed by atoms with Crippen molar-refractivity contribution in [1.82, 2.24) is 4.90 Å². The van der Waals surface area contributed by atoms with Gasteiger partial charge in [-0.2, -0.15) is 4.39 Å². The van der Waals surface area contributed by atoms with Gasteiger partial charge >= 0.3 is 5.69 Å². The van der Waals surface area contributed by atoms with Gasteiger partial charge < -0.3 is 4.90 Å². The van der Waals surface area contributed by atoms with Crippen LogP contribution < -0.4 is 0 Å². The van der Waals surface area contributed by atoms with E-state index in [2.05, 4.69) is 0 Å². The van der Waals surface area contributed by atoms with Crippen LogP contribution in [0.25, 0.3) is 0 Å². The van der Waals surface area contributed by atoms with E-state index in [1.54, 1.807) is 4.90 Å². The van der Waals surface area contributed by atoms with Gasteiger partial charge in [0.15, 0.2) is 0 Å². The second-order valence-electron chi connectivity index (χ2n) is 5.51. The van der Waals surface area contributed by atoms with E-state index in [1.165, 1.54) is 6.07 Å².